The number of nitrogens with one attached hydrogen (secondary N) is 2. The Hall–Kier alpha value is -2.96. The Morgan fingerprint density at radius 1 is 1.21 bits per heavy atom. The fourth-order valence-electron chi connectivity index (χ4n) is 3.20. The molecule has 1 aliphatic rings. The van der Waals surface area contributed by atoms with E-state index in [4.69, 9.17) is 0 Å². The number of H-pyrrole nitrogens is 2. The van der Waals surface area contributed by atoms with Crippen molar-refractivity contribution >= 4 is 5.91 Å². The lowest BCUT2D eigenvalue weighted by Gasteiger charge is -2.34. The van der Waals surface area contributed by atoms with Crippen LogP contribution >= 0.6 is 0 Å². The lowest BCUT2D eigenvalue weighted by molar-refractivity contribution is 0.0600. The average Bonchev–Trinajstić information content (AvgIpc) is 3.34. The Morgan fingerprint density at radius 3 is 2.96 bits per heavy atom. The van der Waals surface area contributed by atoms with Crippen LogP contribution in [0.25, 0.3) is 11.3 Å². The van der Waals surface area contributed by atoms with E-state index in [1.165, 1.54) is 0 Å². The molecule has 7 heteroatoms. The fraction of sp³-hybridized carbons (Fsp3) is 0.294. The minimum absolute atomic E-state index is 0.0306. The summed E-state index contributed by atoms with van der Waals surface area (Å²) in [5.41, 5.74) is 3.09. The van der Waals surface area contributed by atoms with Gasteiger partial charge in [-0.15, -0.1) is 0 Å². The molecule has 1 saturated heterocycles. The smallest absolute Gasteiger partial charge is 0.272 e. The van der Waals surface area contributed by atoms with E-state index in [9.17, 15) is 4.79 Å². The highest BCUT2D eigenvalue weighted by Crippen LogP contribution is 2.31. The Labute approximate surface area is 139 Å². The SMILES string of the molecule is O=C(c1cc(-c2cccnc2)n[nH]1)N1CCCC[C@H]1c1ccn[nH]1. The van der Waals surface area contributed by atoms with Crippen molar-refractivity contribution in [2.45, 2.75) is 25.3 Å². The number of hydrogen-bond acceptors (Lipinski definition) is 4. The zero-order chi connectivity index (χ0) is 16.4. The predicted octanol–water partition coefficient (Wildman–Crippen LogP) is 2.56. The molecule has 0 aliphatic carbocycles. The molecule has 1 atom stereocenters. The maximum absolute atomic E-state index is 13.0. The molecular weight excluding hydrogens is 304 g/mol. The van der Waals surface area contributed by atoms with E-state index >= 15 is 0 Å². The number of piperidine rings is 1. The van der Waals surface area contributed by atoms with Crippen molar-refractivity contribution in [2.24, 2.45) is 0 Å². The summed E-state index contributed by atoms with van der Waals surface area (Å²) in [6, 6.07) is 7.54. The van der Waals surface area contributed by atoms with Gasteiger partial charge in [0.05, 0.1) is 17.4 Å². The molecule has 24 heavy (non-hydrogen) atoms. The maximum Gasteiger partial charge on any atom is 0.272 e. The van der Waals surface area contributed by atoms with Crippen molar-refractivity contribution in [1.82, 2.24) is 30.3 Å². The molecule has 0 spiro atoms. The molecule has 1 fully saturated rings. The third-order valence-corrected chi connectivity index (χ3v) is 4.41. The number of carbonyl (C=O) groups is 1. The molecule has 4 heterocycles. The second-order valence-corrected chi connectivity index (χ2v) is 5.93. The van der Waals surface area contributed by atoms with E-state index in [0.29, 0.717) is 5.69 Å². The van der Waals surface area contributed by atoms with E-state index in [2.05, 4.69) is 25.4 Å². The minimum atomic E-state index is -0.0306. The van der Waals surface area contributed by atoms with E-state index in [1.54, 1.807) is 24.7 Å². The van der Waals surface area contributed by atoms with Crippen molar-refractivity contribution in [1.29, 1.82) is 0 Å². The van der Waals surface area contributed by atoms with Crippen molar-refractivity contribution in [3.8, 4) is 11.3 Å². The van der Waals surface area contributed by atoms with E-state index in [1.807, 2.05) is 23.1 Å². The summed E-state index contributed by atoms with van der Waals surface area (Å²) < 4.78 is 0. The first kappa shape index (κ1) is 14.6. The van der Waals surface area contributed by atoms with Gasteiger partial charge in [0.15, 0.2) is 0 Å². The van der Waals surface area contributed by atoms with Gasteiger partial charge < -0.3 is 4.90 Å². The highest BCUT2D eigenvalue weighted by molar-refractivity contribution is 5.93. The van der Waals surface area contributed by atoms with Gasteiger partial charge in [0, 0.05) is 30.7 Å². The largest absolute Gasteiger partial charge is 0.329 e. The van der Waals surface area contributed by atoms with Crippen LogP contribution in [0.5, 0.6) is 0 Å². The fourth-order valence-corrected chi connectivity index (χ4v) is 3.20. The second kappa shape index (κ2) is 6.27. The van der Waals surface area contributed by atoms with Gasteiger partial charge in [-0.3, -0.25) is 20.0 Å². The minimum Gasteiger partial charge on any atom is -0.329 e. The van der Waals surface area contributed by atoms with Crippen LogP contribution in [0.1, 0.15) is 41.5 Å². The van der Waals surface area contributed by atoms with E-state index in [0.717, 1.165) is 42.8 Å². The first-order valence-corrected chi connectivity index (χ1v) is 8.09. The van der Waals surface area contributed by atoms with Crippen LogP contribution in [-0.4, -0.2) is 42.7 Å². The van der Waals surface area contributed by atoms with Gasteiger partial charge in [-0.2, -0.15) is 10.2 Å². The molecular formula is C17H18N6O. The third kappa shape index (κ3) is 2.68. The molecule has 1 amide bonds. The van der Waals surface area contributed by atoms with Crippen LogP contribution in [0, 0.1) is 0 Å². The van der Waals surface area contributed by atoms with Crippen LogP contribution in [-0.2, 0) is 0 Å². The van der Waals surface area contributed by atoms with Gasteiger partial charge in [-0.25, -0.2) is 0 Å². The molecule has 3 aromatic heterocycles. The predicted molar refractivity (Wildman–Crippen MR) is 88.0 cm³/mol. The van der Waals surface area contributed by atoms with Gasteiger partial charge >= 0.3 is 0 Å². The number of hydrogen-bond donors (Lipinski definition) is 2. The lowest BCUT2D eigenvalue weighted by Crippen LogP contribution is -2.38. The molecule has 0 bridgehead atoms. The van der Waals surface area contributed by atoms with Crippen LogP contribution in [0.4, 0.5) is 0 Å². The highest BCUT2D eigenvalue weighted by atomic mass is 16.2. The van der Waals surface area contributed by atoms with Gasteiger partial charge in [0.1, 0.15) is 5.69 Å². The summed E-state index contributed by atoms with van der Waals surface area (Å²) in [7, 11) is 0. The highest BCUT2D eigenvalue weighted by Gasteiger charge is 2.30. The molecule has 4 rings (SSSR count). The molecule has 122 valence electrons. The molecule has 2 N–H and O–H groups in total. The van der Waals surface area contributed by atoms with E-state index < -0.39 is 0 Å². The number of pyridine rings is 1. The number of carbonyl (C=O) groups excluding carboxylic acids is 1. The molecule has 0 aromatic carbocycles. The third-order valence-electron chi connectivity index (χ3n) is 4.41. The molecule has 0 radical (unpaired) electrons. The molecule has 1 aliphatic heterocycles. The van der Waals surface area contributed by atoms with Crippen molar-refractivity contribution in [2.75, 3.05) is 6.54 Å². The number of nitrogens with zero attached hydrogens (tertiary/aromatic N) is 4. The van der Waals surface area contributed by atoms with Crippen LogP contribution < -0.4 is 0 Å². The molecule has 0 unspecified atom stereocenters. The standard InChI is InChI=1S/C17H18N6O/c24-17(15-10-14(21-22-15)12-4-3-7-18-11-12)23-9-2-1-5-16(23)13-6-8-19-20-13/h3-4,6-8,10-11,16H,1-2,5,9H2,(H,19,20)(H,21,22)/t16-/m0/s1. The summed E-state index contributed by atoms with van der Waals surface area (Å²) in [5, 5.41) is 14.1. The van der Waals surface area contributed by atoms with Crippen molar-refractivity contribution < 1.29 is 4.79 Å². The number of likely N-dealkylation sites (tertiary alicyclic amines) is 1. The zero-order valence-corrected chi connectivity index (χ0v) is 13.1. The summed E-state index contributed by atoms with van der Waals surface area (Å²) in [5.74, 6) is -0.0306. The Bertz CT molecular complexity index is 811. The number of amides is 1. The van der Waals surface area contributed by atoms with Crippen molar-refractivity contribution in [3.63, 3.8) is 0 Å². The quantitative estimate of drug-likeness (QED) is 0.775. The normalized spacial score (nSPS) is 17.8. The van der Waals surface area contributed by atoms with Gasteiger partial charge in [0.25, 0.3) is 5.91 Å². The zero-order valence-electron chi connectivity index (χ0n) is 13.1. The monoisotopic (exact) mass is 322 g/mol. The van der Waals surface area contributed by atoms with Crippen molar-refractivity contribution in [3.05, 3.63) is 54.2 Å². The topological polar surface area (TPSA) is 90.6 Å². The Balaban J connectivity index is 1.59. The number of aromatic nitrogens is 5. The summed E-state index contributed by atoms with van der Waals surface area (Å²) in [6.45, 7) is 0.740. The maximum atomic E-state index is 13.0. The van der Waals surface area contributed by atoms with Gasteiger partial charge in [-0.1, -0.05) is 0 Å². The van der Waals surface area contributed by atoms with Crippen LogP contribution in [0.2, 0.25) is 0 Å². The summed E-state index contributed by atoms with van der Waals surface area (Å²) in [4.78, 5) is 18.9. The Kier molecular flexibility index (Phi) is 3.82. The van der Waals surface area contributed by atoms with Gasteiger partial charge in [-0.05, 0) is 43.5 Å². The van der Waals surface area contributed by atoms with E-state index in [-0.39, 0.29) is 11.9 Å². The first-order chi connectivity index (χ1) is 11.8. The van der Waals surface area contributed by atoms with Gasteiger partial charge in [0.2, 0.25) is 0 Å². The van der Waals surface area contributed by atoms with Crippen LogP contribution in [0.3, 0.4) is 0 Å². The van der Waals surface area contributed by atoms with Crippen LogP contribution in [0.15, 0.2) is 42.9 Å². The average molecular weight is 322 g/mol. The Morgan fingerprint density at radius 2 is 2.17 bits per heavy atom. The lowest BCUT2D eigenvalue weighted by atomic mass is 9.99. The molecule has 7 nitrogen and oxygen atoms in total. The number of rotatable bonds is 3. The second-order valence-electron chi connectivity index (χ2n) is 5.93. The number of aromatic amines is 2. The summed E-state index contributed by atoms with van der Waals surface area (Å²) >= 11 is 0. The molecule has 3 aromatic rings. The molecule has 0 saturated carbocycles. The summed E-state index contributed by atoms with van der Waals surface area (Å²) in [6.07, 6.45) is 8.24. The first-order valence-electron chi connectivity index (χ1n) is 8.09.